The van der Waals surface area contributed by atoms with Gasteiger partial charge in [-0.05, 0) is 54.5 Å². The van der Waals surface area contributed by atoms with Crippen LogP contribution in [0.2, 0.25) is 0 Å². The molecule has 0 saturated carbocycles. The van der Waals surface area contributed by atoms with Gasteiger partial charge in [0, 0.05) is 17.9 Å². The number of hydrogen-bond donors (Lipinski definition) is 2. The number of ether oxygens (including phenoxy) is 2. The summed E-state index contributed by atoms with van der Waals surface area (Å²) in [4.78, 5) is 57.2. The molecule has 0 spiro atoms. The van der Waals surface area contributed by atoms with Crippen LogP contribution in [0.15, 0.2) is 47.6 Å². The summed E-state index contributed by atoms with van der Waals surface area (Å²) in [5.74, 6) is -1.86. The summed E-state index contributed by atoms with van der Waals surface area (Å²) in [6.45, 7) is 10.6. The molecule has 0 radical (unpaired) electrons. The third-order valence-corrected chi connectivity index (χ3v) is 6.95. The summed E-state index contributed by atoms with van der Waals surface area (Å²) in [5.41, 5.74) is 8.44. The highest BCUT2D eigenvalue weighted by atomic mass is 16.6. The van der Waals surface area contributed by atoms with Gasteiger partial charge in [0.15, 0.2) is 0 Å². The van der Waals surface area contributed by atoms with Gasteiger partial charge in [-0.2, -0.15) is 0 Å². The topological polar surface area (TPSA) is 163 Å². The molecule has 42 heavy (non-hydrogen) atoms. The van der Waals surface area contributed by atoms with E-state index in [0.29, 0.717) is 0 Å². The molecule has 2 unspecified atom stereocenters. The van der Waals surface area contributed by atoms with Crippen LogP contribution in [0.5, 0.6) is 0 Å². The molecule has 3 rings (SSSR count). The Balaban J connectivity index is 1.88. The number of amides is 3. The monoisotopic (exact) mass is 580 g/mol. The van der Waals surface area contributed by atoms with Crippen LogP contribution in [0.4, 0.5) is 4.79 Å². The highest BCUT2D eigenvalue weighted by Gasteiger charge is 2.47. The van der Waals surface area contributed by atoms with Crippen LogP contribution >= 0.6 is 0 Å². The lowest BCUT2D eigenvalue weighted by Gasteiger charge is -2.36. The van der Waals surface area contributed by atoms with E-state index in [0.717, 1.165) is 16.3 Å². The summed E-state index contributed by atoms with van der Waals surface area (Å²) >= 11 is 0. The Morgan fingerprint density at radius 3 is 2.31 bits per heavy atom. The van der Waals surface area contributed by atoms with Crippen LogP contribution in [0, 0.1) is 5.41 Å². The molecular formula is C30H40N6O6. The predicted molar refractivity (Wildman–Crippen MR) is 157 cm³/mol. The first-order chi connectivity index (χ1) is 19.6. The van der Waals surface area contributed by atoms with Crippen molar-refractivity contribution >= 4 is 34.6 Å². The highest BCUT2D eigenvalue weighted by molar-refractivity contribution is 5.94. The second-order valence-corrected chi connectivity index (χ2v) is 12.5. The summed E-state index contributed by atoms with van der Waals surface area (Å²) in [6, 6.07) is 9.31. The van der Waals surface area contributed by atoms with Crippen LogP contribution in [-0.2, 0) is 30.3 Å². The summed E-state index contributed by atoms with van der Waals surface area (Å²) in [7, 11) is 1.23. The zero-order valence-electron chi connectivity index (χ0n) is 25.2. The van der Waals surface area contributed by atoms with Crippen molar-refractivity contribution in [2.24, 2.45) is 10.5 Å². The van der Waals surface area contributed by atoms with Gasteiger partial charge in [-0.1, -0.05) is 68.4 Å². The fraction of sp³-hybridized carbons (Fsp3) is 0.533. The maximum atomic E-state index is 13.9. The van der Waals surface area contributed by atoms with Gasteiger partial charge in [0.25, 0.3) is 0 Å². The van der Waals surface area contributed by atoms with Crippen LogP contribution < -0.4 is 10.6 Å². The fourth-order valence-corrected chi connectivity index (χ4v) is 4.96. The maximum absolute atomic E-state index is 13.9. The van der Waals surface area contributed by atoms with Crippen LogP contribution in [0.1, 0.15) is 53.5 Å². The zero-order chi connectivity index (χ0) is 31.2. The smallest absolute Gasteiger partial charge is 0.408 e. The first-order valence-corrected chi connectivity index (χ1v) is 13.8. The average molecular weight is 581 g/mol. The van der Waals surface area contributed by atoms with E-state index >= 15 is 0 Å². The Bertz CT molecular complexity index is 1370. The highest BCUT2D eigenvalue weighted by Crippen LogP contribution is 2.28. The van der Waals surface area contributed by atoms with E-state index in [1.165, 1.54) is 12.0 Å². The van der Waals surface area contributed by atoms with Crippen molar-refractivity contribution in [3.63, 3.8) is 0 Å². The minimum absolute atomic E-state index is 0.108. The normalized spacial score (nSPS) is 18.4. The molecule has 1 heterocycles. The lowest BCUT2D eigenvalue weighted by Crippen LogP contribution is -2.60. The number of methoxy groups -OCH3 is 1. The van der Waals surface area contributed by atoms with E-state index in [9.17, 15) is 24.7 Å². The molecule has 4 atom stereocenters. The number of hydrogen-bond acceptors (Lipinski definition) is 7. The van der Waals surface area contributed by atoms with Crippen molar-refractivity contribution in [1.29, 1.82) is 0 Å². The second-order valence-electron chi connectivity index (χ2n) is 12.5. The number of benzene rings is 2. The average Bonchev–Trinajstić information content (AvgIpc) is 3.33. The van der Waals surface area contributed by atoms with Crippen LogP contribution in [0.3, 0.4) is 0 Å². The number of nitrogens with zero attached hydrogens (tertiary/aromatic N) is 4. The molecule has 2 aromatic carbocycles. The molecule has 12 nitrogen and oxygen atoms in total. The molecule has 1 aliphatic rings. The van der Waals surface area contributed by atoms with Gasteiger partial charge in [0.1, 0.15) is 23.7 Å². The SMILES string of the molecule is COC(=O)C(Cc1ccc2ccccc2c1)NC(=O)[C@@H]1[C@H](N=[N+]=[N-])CCN1C(=O)C(NC(=O)OC(C)(C)C)C(C)(C)C. The molecular weight excluding hydrogens is 540 g/mol. The zero-order valence-corrected chi connectivity index (χ0v) is 25.2. The molecule has 3 amide bonds. The minimum Gasteiger partial charge on any atom is -0.467 e. The number of fused-ring (bicyclic) bond motifs is 1. The van der Waals surface area contributed by atoms with Gasteiger partial charge in [0.05, 0.1) is 13.2 Å². The van der Waals surface area contributed by atoms with Crippen molar-refractivity contribution in [3.05, 3.63) is 58.5 Å². The lowest BCUT2D eigenvalue weighted by molar-refractivity contribution is -0.147. The van der Waals surface area contributed by atoms with Gasteiger partial charge < -0.3 is 25.0 Å². The molecule has 2 aromatic rings. The summed E-state index contributed by atoms with van der Waals surface area (Å²) in [5, 5.41) is 11.2. The van der Waals surface area contributed by atoms with Crippen LogP contribution in [-0.4, -0.2) is 72.2 Å². The number of rotatable bonds is 8. The molecule has 1 fully saturated rings. The van der Waals surface area contributed by atoms with Gasteiger partial charge in [-0.25, -0.2) is 9.59 Å². The quantitative estimate of drug-likeness (QED) is 0.205. The Labute approximate surface area is 245 Å². The van der Waals surface area contributed by atoms with Gasteiger partial charge in [-0.15, -0.1) is 0 Å². The molecule has 0 aliphatic carbocycles. The molecule has 226 valence electrons. The van der Waals surface area contributed by atoms with E-state index in [-0.39, 0.29) is 19.4 Å². The number of carbonyl (C=O) groups is 4. The van der Waals surface area contributed by atoms with Crippen LogP contribution in [0.25, 0.3) is 21.2 Å². The Kier molecular flexibility index (Phi) is 10.1. The second kappa shape index (κ2) is 13.1. The number of nitrogens with one attached hydrogen (secondary N) is 2. The number of azide groups is 1. The van der Waals surface area contributed by atoms with Crippen molar-refractivity contribution in [2.45, 2.75) is 84.2 Å². The van der Waals surface area contributed by atoms with Gasteiger partial charge >= 0.3 is 12.1 Å². The Morgan fingerprint density at radius 2 is 1.71 bits per heavy atom. The standard InChI is InChI=1S/C30H40N6O6/c1-29(2,3)24(33-28(40)42-30(4,5)6)26(38)36-15-14-21(34-35-31)23(36)25(37)32-22(27(39)41-7)17-18-12-13-19-10-8-9-11-20(19)16-18/h8-13,16,21-24H,14-15,17H2,1-7H3,(H,32,37)(H,33,40)/t21-,22?,23+,24?/m1/s1. The number of alkyl carbamates (subject to hydrolysis) is 1. The molecule has 12 heteroatoms. The Hall–Kier alpha value is -4.31. The van der Waals surface area contributed by atoms with E-state index in [4.69, 9.17) is 9.47 Å². The van der Waals surface area contributed by atoms with Gasteiger partial charge in [0.2, 0.25) is 11.8 Å². The predicted octanol–water partition coefficient (Wildman–Crippen LogP) is 4.26. The molecule has 1 aliphatic heterocycles. The Morgan fingerprint density at radius 1 is 1.05 bits per heavy atom. The lowest BCUT2D eigenvalue weighted by atomic mass is 9.85. The molecule has 2 N–H and O–H groups in total. The van der Waals surface area contributed by atoms with Crippen molar-refractivity contribution in [1.82, 2.24) is 15.5 Å². The van der Waals surface area contributed by atoms with Crippen molar-refractivity contribution < 1.29 is 28.7 Å². The number of esters is 1. The third-order valence-electron chi connectivity index (χ3n) is 6.95. The van der Waals surface area contributed by atoms with E-state index in [1.54, 1.807) is 41.5 Å². The van der Waals surface area contributed by atoms with Crippen molar-refractivity contribution in [2.75, 3.05) is 13.7 Å². The maximum Gasteiger partial charge on any atom is 0.408 e. The van der Waals surface area contributed by atoms with E-state index in [1.807, 2.05) is 42.5 Å². The molecule has 0 bridgehead atoms. The fourth-order valence-electron chi connectivity index (χ4n) is 4.96. The first-order valence-electron chi connectivity index (χ1n) is 13.8. The van der Waals surface area contributed by atoms with E-state index in [2.05, 4.69) is 20.7 Å². The molecule has 0 aromatic heterocycles. The molecule has 1 saturated heterocycles. The third kappa shape index (κ3) is 8.13. The summed E-state index contributed by atoms with van der Waals surface area (Å²) < 4.78 is 10.3. The van der Waals surface area contributed by atoms with Crippen molar-refractivity contribution in [3.8, 4) is 0 Å². The van der Waals surface area contributed by atoms with E-state index < -0.39 is 59.1 Å². The number of carbonyl (C=O) groups excluding carboxylic acids is 4. The van der Waals surface area contributed by atoms with Gasteiger partial charge in [-0.3, -0.25) is 9.59 Å². The largest absolute Gasteiger partial charge is 0.467 e. The summed E-state index contributed by atoms with van der Waals surface area (Å²) in [6.07, 6.45) is -0.408. The minimum atomic E-state index is -1.21. The number of likely N-dealkylation sites (tertiary alicyclic amines) is 1. The first kappa shape index (κ1) is 32.2.